The van der Waals surface area contributed by atoms with Crippen LogP contribution in [-0.2, 0) is 9.47 Å². The standard InChI is InChI=1S/C42H35BN2O2/c1-2-12-26(13-3-1)45-36-24-27(44-34-18-8-4-14-28(34)29-15-5-9-19-35(29)44)22-23-30(36)31-25-39-40-42(41(31)45)47-38-21-11-7-17-33(38)43(40)32-16-6-10-20-37(32)46-39/h1-6,8-16,18-24,30-32,36-37,39-40H,7,17,25H2. The highest BCUT2D eigenvalue weighted by Gasteiger charge is 2.60. The predicted molar refractivity (Wildman–Crippen MR) is 191 cm³/mol. The smallest absolute Gasteiger partial charge is 0.200 e. The van der Waals surface area contributed by atoms with Crippen molar-refractivity contribution < 1.29 is 9.47 Å². The number of ether oxygens (including phenoxy) is 2. The SMILES string of the molecule is C1=CC2OC3CC4C(=C5OC6=C(CCC=C6)B(C2C=C1)C53)N(c1ccccc1)C1C=C(n2c3ccccc3c3ccccc32)C=CC41. The molecular formula is C42H35BN2O2. The molecule has 2 saturated heterocycles. The van der Waals surface area contributed by atoms with Crippen LogP contribution >= 0.6 is 0 Å². The fourth-order valence-electron chi connectivity index (χ4n) is 10.2. The van der Waals surface area contributed by atoms with Crippen molar-refractivity contribution in [2.24, 2.45) is 11.8 Å². The quantitative estimate of drug-likeness (QED) is 0.212. The number of allylic oxidation sites excluding steroid dienone is 8. The molecule has 0 saturated carbocycles. The van der Waals surface area contributed by atoms with Crippen LogP contribution in [0.2, 0.25) is 11.6 Å². The second-order valence-corrected chi connectivity index (χ2v) is 14.2. The van der Waals surface area contributed by atoms with Crippen molar-refractivity contribution in [2.75, 3.05) is 4.90 Å². The number of aromatic nitrogens is 1. The molecule has 7 unspecified atom stereocenters. The maximum Gasteiger partial charge on any atom is 0.200 e. The lowest BCUT2D eigenvalue weighted by Crippen LogP contribution is -2.54. The number of benzene rings is 3. The Morgan fingerprint density at radius 1 is 0.787 bits per heavy atom. The molecule has 228 valence electrons. The van der Waals surface area contributed by atoms with E-state index in [4.69, 9.17) is 9.47 Å². The van der Waals surface area contributed by atoms with E-state index in [0.717, 1.165) is 30.8 Å². The van der Waals surface area contributed by atoms with Gasteiger partial charge in [-0.05, 0) is 67.6 Å². The van der Waals surface area contributed by atoms with Gasteiger partial charge in [0.05, 0.1) is 35.0 Å². The van der Waals surface area contributed by atoms with Gasteiger partial charge in [-0.25, -0.2) is 0 Å². The summed E-state index contributed by atoms with van der Waals surface area (Å²) in [5.41, 5.74) is 7.82. The Kier molecular flexibility index (Phi) is 5.54. The van der Waals surface area contributed by atoms with E-state index in [0.29, 0.717) is 24.4 Å². The van der Waals surface area contributed by atoms with Gasteiger partial charge >= 0.3 is 0 Å². The van der Waals surface area contributed by atoms with Crippen LogP contribution in [0.3, 0.4) is 0 Å². The molecule has 5 heteroatoms. The molecule has 2 fully saturated rings. The molecule has 7 atom stereocenters. The van der Waals surface area contributed by atoms with Crippen molar-refractivity contribution in [1.82, 2.24) is 4.57 Å². The number of hydrogen-bond donors (Lipinski definition) is 0. The second kappa shape index (κ2) is 9.89. The van der Waals surface area contributed by atoms with Gasteiger partial charge in [0.15, 0.2) is 0 Å². The van der Waals surface area contributed by atoms with E-state index in [1.807, 2.05) is 0 Å². The number of para-hydroxylation sites is 3. The highest BCUT2D eigenvalue weighted by Crippen LogP contribution is 2.61. The molecule has 0 radical (unpaired) electrons. The summed E-state index contributed by atoms with van der Waals surface area (Å²) in [4.78, 5) is 2.64. The average molecular weight is 611 g/mol. The molecule has 7 aliphatic rings. The van der Waals surface area contributed by atoms with E-state index in [-0.39, 0.29) is 24.1 Å². The van der Waals surface area contributed by atoms with Crippen molar-refractivity contribution >= 4 is 39.9 Å². The Balaban J connectivity index is 1.12. The van der Waals surface area contributed by atoms with Crippen LogP contribution in [0.1, 0.15) is 19.3 Å². The lowest BCUT2D eigenvalue weighted by atomic mass is 9.25. The molecule has 0 N–H and O–H groups in total. The van der Waals surface area contributed by atoms with Gasteiger partial charge in [-0.2, -0.15) is 0 Å². The van der Waals surface area contributed by atoms with Gasteiger partial charge in [0.1, 0.15) is 11.5 Å². The third-order valence-corrected chi connectivity index (χ3v) is 12.0. The Morgan fingerprint density at radius 3 is 2.38 bits per heavy atom. The number of fused-ring (bicyclic) bond motifs is 9. The maximum atomic E-state index is 7.16. The van der Waals surface area contributed by atoms with Crippen molar-refractivity contribution in [1.29, 1.82) is 0 Å². The topological polar surface area (TPSA) is 26.6 Å². The first kappa shape index (κ1) is 26.3. The van der Waals surface area contributed by atoms with Gasteiger partial charge in [0.2, 0.25) is 6.71 Å². The molecule has 4 aromatic rings. The molecule has 0 spiro atoms. The fraction of sp³-hybridized carbons (Fsp3) is 0.238. The molecule has 4 heterocycles. The van der Waals surface area contributed by atoms with Crippen LogP contribution < -0.4 is 4.90 Å². The van der Waals surface area contributed by atoms with Gasteiger partial charge < -0.3 is 18.9 Å². The van der Waals surface area contributed by atoms with Crippen molar-refractivity contribution in [3.05, 3.63) is 156 Å². The summed E-state index contributed by atoms with van der Waals surface area (Å²) in [6.45, 7) is 0.400. The molecule has 0 amide bonds. The Morgan fingerprint density at radius 2 is 1.55 bits per heavy atom. The van der Waals surface area contributed by atoms with Crippen LogP contribution in [0.15, 0.2) is 156 Å². The highest BCUT2D eigenvalue weighted by atomic mass is 16.5. The van der Waals surface area contributed by atoms with Gasteiger partial charge in [-0.3, -0.25) is 0 Å². The first-order chi connectivity index (χ1) is 23.3. The summed E-state index contributed by atoms with van der Waals surface area (Å²) in [5, 5.41) is 2.59. The van der Waals surface area contributed by atoms with Crippen LogP contribution in [0.4, 0.5) is 5.69 Å². The monoisotopic (exact) mass is 610 g/mol. The van der Waals surface area contributed by atoms with Gasteiger partial charge in [0.25, 0.3) is 0 Å². The summed E-state index contributed by atoms with van der Waals surface area (Å²) in [5.74, 6) is 3.42. The van der Waals surface area contributed by atoms with Crippen molar-refractivity contribution in [2.45, 2.75) is 49.1 Å². The van der Waals surface area contributed by atoms with E-state index in [1.165, 1.54) is 44.4 Å². The zero-order chi connectivity index (χ0) is 30.6. The number of nitrogens with zero attached hydrogens (tertiary/aromatic N) is 2. The van der Waals surface area contributed by atoms with E-state index >= 15 is 0 Å². The van der Waals surface area contributed by atoms with Crippen molar-refractivity contribution in [3.63, 3.8) is 0 Å². The van der Waals surface area contributed by atoms with Crippen LogP contribution in [0, 0.1) is 11.8 Å². The number of rotatable bonds is 2. The van der Waals surface area contributed by atoms with Gasteiger partial charge in [-0.15, -0.1) is 0 Å². The summed E-state index contributed by atoms with van der Waals surface area (Å²) >= 11 is 0. The van der Waals surface area contributed by atoms with Crippen molar-refractivity contribution in [3.8, 4) is 0 Å². The molecule has 11 rings (SSSR count). The highest BCUT2D eigenvalue weighted by molar-refractivity contribution is 6.72. The normalized spacial score (nSPS) is 31.4. The minimum absolute atomic E-state index is 0.123. The van der Waals surface area contributed by atoms with E-state index in [2.05, 4.69) is 143 Å². The zero-order valence-corrected chi connectivity index (χ0v) is 26.2. The molecule has 4 nitrogen and oxygen atoms in total. The Hall–Kier alpha value is -4.74. The average Bonchev–Trinajstić information content (AvgIpc) is 3.64. The number of anilines is 1. The maximum absolute atomic E-state index is 7.16. The minimum atomic E-state index is 0.123. The lowest BCUT2D eigenvalue weighted by Gasteiger charge is -2.52. The summed E-state index contributed by atoms with van der Waals surface area (Å²) in [7, 11) is 0. The lowest BCUT2D eigenvalue weighted by molar-refractivity contribution is -0.0256. The molecule has 1 aromatic heterocycles. The van der Waals surface area contributed by atoms with E-state index < -0.39 is 0 Å². The molecule has 4 aliphatic carbocycles. The zero-order valence-electron chi connectivity index (χ0n) is 26.2. The molecule has 3 aromatic carbocycles. The molecule has 0 bridgehead atoms. The number of hydrogen-bond acceptors (Lipinski definition) is 3. The Labute approximate surface area is 275 Å². The third kappa shape index (κ3) is 3.64. The second-order valence-electron chi connectivity index (χ2n) is 14.2. The summed E-state index contributed by atoms with van der Waals surface area (Å²) in [6, 6.07) is 28.8. The molecule has 3 aliphatic heterocycles. The van der Waals surface area contributed by atoms with Crippen LogP contribution in [0.25, 0.3) is 27.5 Å². The molecule has 47 heavy (non-hydrogen) atoms. The summed E-state index contributed by atoms with van der Waals surface area (Å²) in [6.07, 6.45) is 24.5. The van der Waals surface area contributed by atoms with E-state index in [9.17, 15) is 0 Å². The minimum Gasteiger partial charge on any atom is -0.461 e. The van der Waals surface area contributed by atoms with Gasteiger partial charge in [0, 0.05) is 39.8 Å². The van der Waals surface area contributed by atoms with E-state index in [1.54, 1.807) is 0 Å². The first-order valence-corrected chi connectivity index (χ1v) is 17.4. The Bertz CT molecular complexity index is 2150. The molecular weight excluding hydrogens is 575 g/mol. The third-order valence-electron chi connectivity index (χ3n) is 12.0. The predicted octanol–water partition coefficient (Wildman–Crippen LogP) is 9.24. The first-order valence-electron chi connectivity index (χ1n) is 17.4. The van der Waals surface area contributed by atoms with Crippen LogP contribution in [-0.4, -0.2) is 29.5 Å². The fourth-order valence-corrected chi connectivity index (χ4v) is 10.2. The van der Waals surface area contributed by atoms with Gasteiger partial charge in [-0.1, -0.05) is 96.5 Å². The summed E-state index contributed by atoms with van der Waals surface area (Å²) < 4.78 is 16.7. The van der Waals surface area contributed by atoms with Crippen LogP contribution in [0.5, 0.6) is 0 Å². The largest absolute Gasteiger partial charge is 0.461 e.